The molecule has 0 aliphatic heterocycles. The van der Waals surface area contributed by atoms with Crippen molar-refractivity contribution in [2.45, 2.75) is 20.8 Å². The van der Waals surface area contributed by atoms with Crippen molar-refractivity contribution in [2.75, 3.05) is 17.2 Å². The quantitative estimate of drug-likeness (QED) is 0.472. The van der Waals surface area contributed by atoms with Gasteiger partial charge in [-0.15, -0.1) is 0 Å². The summed E-state index contributed by atoms with van der Waals surface area (Å²) >= 11 is 0. The number of benzene rings is 3. The van der Waals surface area contributed by atoms with Crippen molar-refractivity contribution in [2.24, 2.45) is 0 Å². The van der Waals surface area contributed by atoms with Crippen molar-refractivity contribution >= 4 is 28.0 Å². The van der Waals surface area contributed by atoms with Crippen molar-refractivity contribution < 1.29 is 4.74 Å². The van der Waals surface area contributed by atoms with Crippen molar-refractivity contribution in [3.05, 3.63) is 78.1 Å². The molecular weight excluding hydrogens is 360 g/mol. The van der Waals surface area contributed by atoms with Gasteiger partial charge in [-0.05, 0) is 55.5 Å². The first-order valence-corrected chi connectivity index (χ1v) is 9.68. The number of aromatic nitrogens is 2. The monoisotopic (exact) mass is 384 g/mol. The van der Waals surface area contributed by atoms with Gasteiger partial charge in [-0.3, -0.25) is 0 Å². The second kappa shape index (κ2) is 7.80. The minimum atomic E-state index is 0.360. The third-order valence-corrected chi connectivity index (χ3v) is 4.87. The Bertz CT molecular complexity index is 1150. The molecule has 0 saturated heterocycles. The van der Waals surface area contributed by atoms with Crippen LogP contribution in [0.25, 0.3) is 10.8 Å². The van der Waals surface area contributed by atoms with Crippen molar-refractivity contribution in [1.29, 1.82) is 0 Å². The summed E-state index contributed by atoms with van der Waals surface area (Å²) in [5.74, 6) is 1.71. The molecule has 3 aromatic carbocycles. The first-order valence-electron chi connectivity index (χ1n) is 9.68. The summed E-state index contributed by atoms with van der Waals surface area (Å²) in [6.45, 7) is 6.86. The van der Waals surface area contributed by atoms with Gasteiger partial charge in [0.2, 0.25) is 5.88 Å². The molecule has 0 radical (unpaired) electrons. The largest absolute Gasteiger partial charge is 0.437 e. The summed E-state index contributed by atoms with van der Waals surface area (Å²) in [7, 11) is 0. The maximum atomic E-state index is 6.47. The summed E-state index contributed by atoms with van der Waals surface area (Å²) in [5, 5.41) is 2.31. The van der Waals surface area contributed by atoms with E-state index >= 15 is 0 Å². The number of rotatable bonds is 5. The number of anilines is 3. The first kappa shape index (κ1) is 18.7. The van der Waals surface area contributed by atoms with E-state index in [1.807, 2.05) is 44.2 Å². The molecule has 0 saturated carbocycles. The number of nitrogens with zero attached hydrogens (tertiary/aromatic N) is 3. The molecule has 29 heavy (non-hydrogen) atoms. The van der Waals surface area contributed by atoms with Gasteiger partial charge in [-0.2, -0.15) is 4.98 Å². The van der Waals surface area contributed by atoms with Gasteiger partial charge in [-0.25, -0.2) is 4.98 Å². The van der Waals surface area contributed by atoms with Crippen LogP contribution in [0.3, 0.4) is 0 Å². The number of ether oxygens (including phenoxy) is 1. The van der Waals surface area contributed by atoms with E-state index in [-0.39, 0.29) is 0 Å². The fourth-order valence-corrected chi connectivity index (χ4v) is 3.65. The SMILES string of the molecule is CCN(c1ncnc(Oc2cc(C)cc(C)c2)c1N)c1cccc2ccccc12. The molecule has 2 N–H and O–H groups in total. The average Bonchev–Trinajstić information content (AvgIpc) is 2.70. The zero-order chi connectivity index (χ0) is 20.4. The van der Waals surface area contributed by atoms with E-state index in [9.17, 15) is 0 Å². The van der Waals surface area contributed by atoms with Crippen LogP contribution < -0.4 is 15.4 Å². The zero-order valence-electron chi connectivity index (χ0n) is 16.9. The summed E-state index contributed by atoms with van der Waals surface area (Å²) in [5.41, 5.74) is 10.2. The van der Waals surface area contributed by atoms with Crippen LogP contribution in [0.1, 0.15) is 18.1 Å². The van der Waals surface area contributed by atoms with Crippen molar-refractivity contribution in [3.8, 4) is 11.6 Å². The van der Waals surface area contributed by atoms with Crippen LogP contribution in [0.4, 0.5) is 17.2 Å². The van der Waals surface area contributed by atoms with Crippen LogP contribution in [0, 0.1) is 13.8 Å². The number of hydrogen-bond acceptors (Lipinski definition) is 5. The van der Waals surface area contributed by atoms with Gasteiger partial charge in [0.1, 0.15) is 17.8 Å². The number of aryl methyl sites for hydroxylation is 2. The molecule has 0 spiro atoms. The molecule has 0 aliphatic carbocycles. The molecule has 4 aromatic rings. The topological polar surface area (TPSA) is 64.3 Å². The average molecular weight is 384 g/mol. The maximum Gasteiger partial charge on any atom is 0.248 e. The highest BCUT2D eigenvalue weighted by atomic mass is 16.5. The summed E-state index contributed by atoms with van der Waals surface area (Å²) in [6, 6.07) is 20.6. The molecule has 1 aromatic heterocycles. The Morgan fingerprint density at radius 2 is 1.66 bits per heavy atom. The van der Waals surface area contributed by atoms with E-state index in [0.717, 1.165) is 22.2 Å². The van der Waals surface area contributed by atoms with E-state index in [1.165, 1.54) is 11.7 Å². The smallest absolute Gasteiger partial charge is 0.248 e. The van der Waals surface area contributed by atoms with Gasteiger partial charge >= 0.3 is 0 Å². The van der Waals surface area contributed by atoms with Crippen LogP contribution in [0.2, 0.25) is 0 Å². The lowest BCUT2D eigenvalue weighted by atomic mass is 10.1. The normalized spacial score (nSPS) is 10.9. The molecule has 0 unspecified atom stereocenters. The van der Waals surface area contributed by atoms with Gasteiger partial charge in [0.05, 0.1) is 5.69 Å². The fourth-order valence-electron chi connectivity index (χ4n) is 3.65. The summed E-state index contributed by atoms with van der Waals surface area (Å²) in [4.78, 5) is 10.9. The number of hydrogen-bond donors (Lipinski definition) is 1. The maximum absolute atomic E-state index is 6.47. The van der Waals surface area contributed by atoms with E-state index in [2.05, 4.69) is 52.1 Å². The predicted molar refractivity (Wildman–Crippen MR) is 119 cm³/mol. The van der Waals surface area contributed by atoms with Crippen LogP contribution >= 0.6 is 0 Å². The van der Waals surface area contributed by atoms with Crippen molar-refractivity contribution in [1.82, 2.24) is 9.97 Å². The van der Waals surface area contributed by atoms with Gasteiger partial charge in [0.15, 0.2) is 5.82 Å². The molecule has 1 heterocycles. The minimum absolute atomic E-state index is 0.360. The molecule has 5 nitrogen and oxygen atoms in total. The van der Waals surface area contributed by atoms with E-state index < -0.39 is 0 Å². The Kier molecular flexibility index (Phi) is 5.04. The molecule has 0 amide bonds. The lowest BCUT2D eigenvalue weighted by Crippen LogP contribution is -2.19. The molecule has 0 fully saturated rings. The predicted octanol–water partition coefficient (Wildman–Crippen LogP) is 5.78. The highest BCUT2D eigenvalue weighted by molar-refractivity contribution is 5.96. The van der Waals surface area contributed by atoms with E-state index in [4.69, 9.17) is 10.5 Å². The second-order valence-corrected chi connectivity index (χ2v) is 7.08. The Morgan fingerprint density at radius 1 is 0.931 bits per heavy atom. The second-order valence-electron chi connectivity index (χ2n) is 7.08. The highest BCUT2D eigenvalue weighted by Gasteiger charge is 2.18. The molecule has 4 rings (SSSR count). The van der Waals surface area contributed by atoms with E-state index in [1.54, 1.807) is 0 Å². The Labute approximate surface area is 170 Å². The molecule has 5 heteroatoms. The highest BCUT2D eigenvalue weighted by Crippen LogP contribution is 2.37. The third kappa shape index (κ3) is 3.72. The molecule has 146 valence electrons. The lowest BCUT2D eigenvalue weighted by molar-refractivity contribution is 0.463. The zero-order valence-corrected chi connectivity index (χ0v) is 16.9. The molecule has 0 aliphatic rings. The number of fused-ring (bicyclic) bond motifs is 1. The number of nitrogens with two attached hydrogens (primary N) is 1. The van der Waals surface area contributed by atoms with Gasteiger partial charge in [-0.1, -0.05) is 42.5 Å². The molecular formula is C24H24N4O. The Morgan fingerprint density at radius 3 is 2.41 bits per heavy atom. The summed E-state index contributed by atoms with van der Waals surface area (Å²) < 4.78 is 6.03. The van der Waals surface area contributed by atoms with Crippen LogP contribution in [0.15, 0.2) is 67.0 Å². The minimum Gasteiger partial charge on any atom is -0.437 e. The van der Waals surface area contributed by atoms with Gasteiger partial charge in [0.25, 0.3) is 0 Å². The van der Waals surface area contributed by atoms with Gasteiger partial charge in [0, 0.05) is 11.9 Å². The Hall–Kier alpha value is -3.60. The van der Waals surface area contributed by atoms with E-state index in [0.29, 0.717) is 29.7 Å². The molecule has 0 bridgehead atoms. The third-order valence-electron chi connectivity index (χ3n) is 4.87. The first-order chi connectivity index (χ1) is 14.1. The van der Waals surface area contributed by atoms with Gasteiger partial charge < -0.3 is 15.4 Å². The fraction of sp³-hybridized carbons (Fsp3) is 0.167. The van der Waals surface area contributed by atoms with Crippen LogP contribution in [-0.4, -0.2) is 16.5 Å². The number of nitrogen functional groups attached to an aromatic ring is 1. The van der Waals surface area contributed by atoms with Crippen molar-refractivity contribution in [3.63, 3.8) is 0 Å². The lowest BCUT2D eigenvalue weighted by Gasteiger charge is -2.25. The van der Waals surface area contributed by atoms with Crippen LogP contribution in [-0.2, 0) is 0 Å². The van der Waals surface area contributed by atoms with Crippen LogP contribution in [0.5, 0.6) is 11.6 Å². The summed E-state index contributed by atoms with van der Waals surface area (Å²) in [6.07, 6.45) is 1.50. The standard InChI is InChI=1S/C24H24N4O/c1-4-28(21-11-7-9-18-8-5-6-10-20(18)21)23-22(25)24(27-15-26-23)29-19-13-16(2)12-17(3)14-19/h5-15H,4,25H2,1-3H3. The molecule has 0 atom stereocenters. The Balaban J connectivity index is 1.77.